The van der Waals surface area contributed by atoms with Gasteiger partial charge in [0.2, 0.25) is 0 Å². The number of aromatic nitrogens is 2. The van der Waals surface area contributed by atoms with E-state index in [9.17, 15) is 4.79 Å². The van der Waals surface area contributed by atoms with Crippen LogP contribution in [0, 0.1) is 6.92 Å². The summed E-state index contributed by atoms with van der Waals surface area (Å²) in [5, 5.41) is 14.5. The van der Waals surface area contributed by atoms with E-state index in [1.807, 2.05) is 0 Å². The fourth-order valence-electron chi connectivity index (χ4n) is 0.585. The topological polar surface area (TPSA) is 66.0 Å². The van der Waals surface area contributed by atoms with E-state index in [4.69, 9.17) is 5.11 Å². The smallest absolute Gasteiger partial charge is 0.356 e. The number of carboxylic acids is 1. The molecule has 54 valence electrons. The van der Waals surface area contributed by atoms with Gasteiger partial charge < -0.3 is 5.11 Å². The van der Waals surface area contributed by atoms with Gasteiger partial charge in [-0.3, -0.25) is 5.10 Å². The van der Waals surface area contributed by atoms with Crippen molar-refractivity contribution in [2.24, 2.45) is 0 Å². The quantitative estimate of drug-likeness (QED) is 0.723. The van der Waals surface area contributed by atoms with Crippen molar-refractivity contribution in [3.05, 3.63) is 15.9 Å². The molecule has 0 unspecified atom stereocenters. The Morgan fingerprint density at radius 1 is 1.80 bits per heavy atom. The first kappa shape index (κ1) is 7.27. The van der Waals surface area contributed by atoms with E-state index in [0.717, 1.165) is 0 Å². The first-order valence-corrected chi connectivity index (χ1v) is 3.36. The molecule has 0 aliphatic rings. The van der Waals surface area contributed by atoms with Gasteiger partial charge in [0.25, 0.3) is 0 Å². The van der Waals surface area contributed by atoms with Gasteiger partial charge in [-0.2, -0.15) is 5.10 Å². The third-order valence-electron chi connectivity index (χ3n) is 1.15. The third kappa shape index (κ3) is 1.04. The zero-order chi connectivity index (χ0) is 7.72. The van der Waals surface area contributed by atoms with Gasteiger partial charge in [-0.15, -0.1) is 0 Å². The molecule has 0 aromatic carbocycles. The van der Waals surface area contributed by atoms with Crippen molar-refractivity contribution in [1.82, 2.24) is 10.2 Å². The Morgan fingerprint density at radius 2 is 2.40 bits per heavy atom. The van der Waals surface area contributed by atoms with Crippen molar-refractivity contribution in [3.8, 4) is 0 Å². The number of halogens is 1. The minimum Gasteiger partial charge on any atom is -0.476 e. The predicted octanol–water partition coefficient (Wildman–Crippen LogP) is 1.18. The standard InChI is InChI=1S/C5H5BrN2O2/c1-2-3(5(9)10)7-8-4(2)6/h1H3,(H,7,8)(H,9,10). The minimum absolute atomic E-state index is 0.0619. The van der Waals surface area contributed by atoms with Crippen LogP contribution in [0.1, 0.15) is 16.1 Å². The molecule has 4 nitrogen and oxygen atoms in total. The number of aromatic amines is 1. The van der Waals surface area contributed by atoms with Crippen molar-refractivity contribution < 1.29 is 9.90 Å². The molecule has 5 heteroatoms. The summed E-state index contributed by atoms with van der Waals surface area (Å²) >= 11 is 3.10. The molecule has 0 spiro atoms. The van der Waals surface area contributed by atoms with Crippen LogP contribution in [-0.4, -0.2) is 21.3 Å². The van der Waals surface area contributed by atoms with Crippen molar-refractivity contribution in [2.75, 3.05) is 0 Å². The molecule has 1 aromatic heterocycles. The number of rotatable bonds is 1. The third-order valence-corrected chi connectivity index (χ3v) is 1.92. The molecule has 1 rings (SSSR count). The highest BCUT2D eigenvalue weighted by Gasteiger charge is 2.12. The predicted molar refractivity (Wildman–Crippen MR) is 38.0 cm³/mol. The van der Waals surface area contributed by atoms with E-state index in [2.05, 4.69) is 26.1 Å². The Labute approximate surface area is 65.4 Å². The molecular weight excluding hydrogens is 200 g/mol. The summed E-state index contributed by atoms with van der Waals surface area (Å²) in [6, 6.07) is 0. The lowest BCUT2D eigenvalue weighted by atomic mass is 10.3. The van der Waals surface area contributed by atoms with E-state index in [0.29, 0.717) is 10.2 Å². The van der Waals surface area contributed by atoms with Crippen molar-refractivity contribution in [1.29, 1.82) is 0 Å². The SMILES string of the molecule is Cc1c(C(=O)O)n[nH]c1Br. The molecule has 0 fully saturated rings. The molecule has 0 atom stereocenters. The second kappa shape index (κ2) is 2.42. The number of aromatic carboxylic acids is 1. The van der Waals surface area contributed by atoms with E-state index in [-0.39, 0.29) is 5.69 Å². The number of carbonyl (C=O) groups is 1. The van der Waals surface area contributed by atoms with Crippen LogP contribution in [0.3, 0.4) is 0 Å². The monoisotopic (exact) mass is 204 g/mol. The normalized spacial score (nSPS) is 9.80. The maximum atomic E-state index is 10.3. The largest absolute Gasteiger partial charge is 0.476 e. The summed E-state index contributed by atoms with van der Waals surface area (Å²) in [7, 11) is 0. The van der Waals surface area contributed by atoms with Gasteiger partial charge in [-0.25, -0.2) is 4.79 Å². The number of nitrogens with zero attached hydrogens (tertiary/aromatic N) is 1. The molecule has 0 bridgehead atoms. The Morgan fingerprint density at radius 3 is 2.60 bits per heavy atom. The van der Waals surface area contributed by atoms with Gasteiger partial charge in [0.1, 0.15) is 4.60 Å². The number of carboxylic acid groups (broad SMARTS) is 1. The van der Waals surface area contributed by atoms with Crippen LogP contribution in [0.5, 0.6) is 0 Å². The van der Waals surface area contributed by atoms with Gasteiger partial charge in [-0.1, -0.05) is 0 Å². The van der Waals surface area contributed by atoms with E-state index in [1.165, 1.54) is 0 Å². The molecule has 0 radical (unpaired) electrons. The van der Waals surface area contributed by atoms with Crippen molar-refractivity contribution >= 4 is 21.9 Å². The second-order valence-electron chi connectivity index (χ2n) is 1.82. The highest BCUT2D eigenvalue weighted by Crippen LogP contribution is 2.14. The van der Waals surface area contributed by atoms with Crippen LogP contribution in [0.25, 0.3) is 0 Å². The van der Waals surface area contributed by atoms with Gasteiger partial charge >= 0.3 is 5.97 Å². The van der Waals surface area contributed by atoms with Crippen molar-refractivity contribution in [3.63, 3.8) is 0 Å². The minimum atomic E-state index is -1.01. The fraction of sp³-hybridized carbons (Fsp3) is 0.200. The lowest BCUT2D eigenvalue weighted by molar-refractivity contribution is 0.0689. The van der Waals surface area contributed by atoms with Crippen LogP contribution in [-0.2, 0) is 0 Å². The number of hydrogen-bond acceptors (Lipinski definition) is 2. The van der Waals surface area contributed by atoms with Crippen LogP contribution in [0.15, 0.2) is 4.60 Å². The summed E-state index contributed by atoms with van der Waals surface area (Å²) in [5.41, 5.74) is 0.680. The summed E-state index contributed by atoms with van der Waals surface area (Å²) in [6.07, 6.45) is 0. The van der Waals surface area contributed by atoms with Gasteiger partial charge in [0.15, 0.2) is 5.69 Å². The Kier molecular flexibility index (Phi) is 1.76. The summed E-state index contributed by atoms with van der Waals surface area (Å²) < 4.78 is 0.616. The molecule has 2 N–H and O–H groups in total. The van der Waals surface area contributed by atoms with Crippen LogP contribution < -0.4 is 0 Å². The zero-order valence-electron chi connectivity index (χ0n) is 5.18. The Hall–Kier alpha value is -0.840. The van der Waals surface area contributed by atoms with E-state index >= 15 is 0 Å². The van der Waals surface area contributed by atoms with Crippen LogP contribution in [0.2, 0.25) is 0 Å². The molecular formula is C5H5BrN2O2. The van der Waals surface area contributed by atoms with Crippen LogP contribution >= 0.6 is 15.9 Å². The Bertz CT molecular complexity index is 269. The first-order chi connectivity index (χ1) is 4.63. The molecule has 0 saturated heterocycles. The molecule has 1 aromatic rings. The van der Waals surface area contributed by atoms with Gasteiger partial charge in [-0.05, 0) is 22.9 Å². The zero-order valence-corrected chi connectivity index (χ0v) is 6.77. The average Bonchev–Trinajstić information content (AvgIpc) is 2.14. The average molecular weight is 205 g/mol. The highest BCUT2D eigenvalue weighted by molar-refractivity contribution is 9.10. The number of nitrogens with one attached hydrogen (secondary N) is 1. The number of H-pyrrole nitrogens is 1. The molecule has 0 saturated carbocycles. The second-order valence-corrected chi connectivity index (χ2v) is 2.61. The fourth-order valence-corrected chi connectivity index (χ4v) is 0.861. The molecule has 0 aliphatic heterocycles. The highest BCUT2D eigenvalue weighted by atomic mass is 79.9. The number of hydrogen-bond donors (Lipinski definition) is 2. The lowest BCUT2D eigenvalue weighted by Crippen LogP contribution is -1.98. The van der Waals surface area contributed by atoms with E-state index in [1.54, 1.807) is 6.92 Å². The Balaban J connectivity index is 3.17. The lowest BCUT2D eigenvalue weighted by Gasteiger charge is -1.86. The first-order valence-electron chi connectivity index (χ1n) is 2.56. The van der Waals surface area contributed by atoms with Crippen LogP contribution in [0.4, 0.5) is 0 Å². The maximum Gasteiger partial charge on any atom is 0.356 e. The van der Waals surface area contributed by atoms with E-state index < -0.39 is 5.97 Å². The van der Waals surface area contributed by atoms with Gasteiger partial charge in [0, 0.05) is 5.56 Å². The maximum absolute atomic E-state index is 10.3. The molecule has 0 aliphatic carbocycles. The van der Waals surface area contributed by atoms with Gasteiger partial charge in [0.05, 0.1) is 0 Å². The van der Waals surface area contributed by atoms with Crippen molar-refractivity contribution in [2.45, 2.75) is 6.92 Å². The molecule has 1 heterocycles. The molecule has 0 amide bonds. The summed E-state index contributed by atoms with van der Waals surface area (Å²) in [5.74, 6) is -1.01. The summed E-state index contributed by atoms with van der Waals surface area (Å²) in [4.78, 5) is 10.3. The summed E-state index contributed by atoms with van der Waals surface area (Å²) in [6.45, 7) is 1.68. The molecule has 10 heavy (non-hydrogen) atoms.